The second kappa shape index (κ2) is 11.2. The Hall–Kier alpha value is -3.65. The van der Waals surface area contributed by atoms with E-state index in [2.05, 4.69) is 31.1 Å². The van der Waals surface area contributed by atoms with Gasteiger partial charge in [0.25, 0.3) is 0 Å². The van der Waals surface area contributed by atoms with E-state index in [9.17, 15) is 5.26 Å². The highest BCUT2D eigenvalue weighted by atomic mass is 32.2. The van der Waals surface area contributed by atoms with Gasteiger partial charge in [-0.3, -0.25) is 0 Å². The molecule has 2 N–H and O–H groups in total. The first-order valence-corrected chi connectivity index (χ1v) is 12.8. The molecule has 0 bridgehead atoms. The molecular formula is C25H22N6O2S2. The SMILES string of the molecule is N#Cc1cc(-c2ccnc(Nc3ccc(SNc4nccs4)cc3)n2)ccc1OC1CCOCC1. The number of nitriles is 1. The summed E-state index contributed by atoms with van der Waals surface area (Å²) in [5, 5.41) is 15.7. The zero-order chi connectivity index (χ0) is 23.9. The first kappa shape index (κ1) is 23.1. The first-order valence-electron chi connectivity index (χ1n) is 11.1. The van der Waals surface area contributed by atoms with E-state index in [-0.39, 0.29) is 6.10 Å². The van der Waals surface area contributed by atoms with Crippen molar-refractivity contribution in [2.24, 2.45) is 0 Å². The highest BCUT2D eigenvalue weighted by Gasteiger charge is 2.17. The normalized spacial score (nSPS) is 13.7. The summed E-state index contributed by atoms with van der Waals surface area (Å²) in [7, 11) is 0. The zero-order valence-electron chi connectivity index (χ0n) is 18.7. The molecule has 0 atom stereocenters. The summed E-state index contributed by atoms with van der Waals surface area (Å²) < 4.78 is 14.7. The fourth-order valence-corrected chi connectivity index (χ4v) is 4.76. The number of nitrogens with zero attached hydrogens (tertiary/aromatic N) is 4. The summed E-state index contributed by atoms with van der Waals surface area (Å²) in [5.41, 5.74) is 2.91. The monoisotopic (exact) mass is 502 g/mol. The van der Waals surface area contributed by atoms with Crippen LogP contribution in [0.1, 0.15) is 18.4 Å². The number of ether oxygens (including phenoxy) is 2. The van der Waals surface area contributed by atoms with Crippen LogP contribution in [0.3, 0.4) is 0 Å². The number of hydrogen-bond acceptors (Lipinski definition) is 10. The fourth-order valence-electron chi connectivity index (χ4n) is 3.54. The summed E-state index contributed by atoms with van der Waals surface area (Å²) in [5.74, 6) is 1.07. The van der Waals surface area contributed by atoms with Crippen LogP contribution in [0.15, 0.2) is 71.2 Å². The second-order valence-electron chi connectivity index (χ2n) is 7.71. The van der Waals surface area contributed by atoms with Gasteiger partial charge in [-0.2, -0.15) is 5.26 Å². The average Bonchev–Trinajstić information content (AvgIpc) is 3.43. The third-order valence-electron chi connectivity index (χ3n) is 5.31. The van der Waals surface area contributed by atoms with Crippen molar-refractivity contribution in [1.82, 2.24) is 15.0 Å². The lowest BCUT2D eigenvalue weighted by Crippen LogP contribution is -2.26. The van der Waals surface area contributed by atoms with E-state index in [1.807, 2.05) is 53.9 Å². The lowest BCUT2D eigenvalue weighted by Gasteiger charge is -2.23. The largest absolute Gasteiger partial charge is 0.489 e. The van der Waals surface area contributed by atoms with Crippen molar-refractivity contribution in [2.75, 3.05) is 23.3 Å². The first-order chi connectivity index (χ1) is 17.3. The van der Waals surface area contributed by atoms with E-state index in [1.54, 1.807) is 23.7 Å². The maximum atomic E-state index is 9.67. The minimum atomic E-state index is 0.0736. The number of thiazole rings is 1. The van der Waals surface area contributed by atoms with E-state index in [0.717, 1.165) is 39.8 Å². The molecule has 8 nitrogen and oxygen atoms in total. The Bertz CT molecular complexity index is 1300. The zero-order valence-corrected chi connectivity index (χ0v) is 20.3. The Morgan fingerprint density at radius 2 is 1.91 bits per heavy atom. The molecule has 2 aromatic heterocycles. The maximum absolute atomic E-state index is 9.67. The standard InChI is InChI=1S/C25H22N6O2S2/c26-16-18-15-17(1-6-23(18)33-20-8-12-32-13-9-20)22-7-10-27-24(30-22)29-19-2-4-21(5-3-19)35-31-25-28-11-14-34-25/h1-7,10-11,14-15,20H,8-9,12-13H2,(H,28,31)(H,27,29,30). The Morgan fingerprint density at radius 1 is 1.06 bits per heavy atom. The van der Waals surface area contributed by atoms with Crippen molar-refractivity contribution in [3.05, 3.63) is 71.9 Å². The molecule has 0 aliphatic carbocycles. The molecule has 1 aliphatic rings. The molecule has 4 aromatic rings. The van der Waals surface area contributed by atoms with Crippen LogP contribution in [-0.2, 0) is 4.74 Å². The van der Waals surface area contributed by atoms with Crippen molar-refractivity contribution in [3.63, 3.8) is 0 Å². The highest BCUT2D eigenvalue weighted by Crippen LogP contribution is 2.29. The second-order valence-corrected chi connectivity index (χ2v) is 9.48. The number of aromatic nitrogens is 3. The van der Waals surface area contributed by atoms with Crippen molar-refractivity contribution < 1.29 is 9.47 Å². The van der Waals surface area contributed by atoms with Crippen LogP contribution in [0.5, 0.6) is 5.75 Å². The molecule has 10 heteroatoms. The number of anilines is 3. The molecule has 0 spiro atoms. The summed E-state index contributed by atoms with van der Waals surface area (Å²) in [6, 6.07) is 17.6. The van der Waals surface area contributed by atoms with Crippen molar-refractivity contribution >= 4 is 40.1 Å². The number of rotatable bonds is 8. The van der Waals surface area contributed by atoms with Crippen LogP contribution in [-0.4, -0.2) is 34.3 Å². The van der Waals surface area contributed by atoms with Gasteiger partial charge in [-0.1, -0.05) is 0 Å². The summed E-state index contributed by atoms with van der Waals surface area (Å²) >= 11 is 3.06. The molecule has 0 amide bonds. The van der Waals surface area contributed by atoms with Gasteiger partial charge < -0.3 is 19.5 Å². The van der Waals surface area contributed by atoms with E-state index >= 15 is 0 Å². The van der Waals surface area contributed by atoms with Gasteiger partial charge in [0.15, 0.2) is 5.13 Å². The van der Waals surface area contributed by atoms with E-state index in [1.165, 1.54) is 11.9 Å². The molecule has 1 fully saturated rings. The molecule has 176 valence electrons. The van der Waals surface area contributed by atoms with Crippen LogP contribution < -0.4 is 14.8 Å². The minimum Gasteiger partial charge on any atom is -0.489 e. The van der Waals surface area contributed by atoms with Crippen LogP contribution in [0.2, 0.25) is 0 Å². The summed E-state index contributed by atoms with van der Waals surface area (Å²) in [4.78, 5) is 14.3. The van der Waals surface area contributed by atoms with Crippen molar-refractivity contribution in [3.8, 4) is 23.1 Å². The van der Waals surface area contributed by atoms with E-state index in [0.29, 0.717) is 30.5 Å². The van der Waals surface area contributed by atoms with Gasteiger partial charge in [-0.15, -0.1) is 11.3 Å². The Kier molecular flexibility index (Phi) is 7.38. The minimum absolute atomic E-state index is 0.0736. The third kappa shape index (κ3) is 6.08. The van der Waals surface area contributed by atoms with Gasteiger partial charge in [-0.05, 0) is 60.5 Å². The van der Waals surface area contributed by atoms with Gasteiger partial charge in [0.05, 0.1) is 24.5 Å². The molecule has 0 radical (unpaired) electrons. The number of benzene rings is 2. The Balaban J connectivity index is 1.26. The highest BCUT2D eigenvalue weighted by molar-refractivity contribution is 8.00. The van der Waals surface area contributed by atoms with Gasteiger partial charge in [-0.25, -0.2) is 15.0 Å². The molecule has 35 heavy (non-hydrogen) atoms. The number of nitrogens with one attached hydrogen (secondary N) is 2. The lowest BCUT2D eigenvalue weighted by atomic mass is 10.1. The van der Waals surface area contributed by atoms with Gasteiger partial charge in [0, 0.05) is 46.8 Å². The van der Waals surface area contributed by atoms with Gasteiger partial charge >= 0.3 is 0 Å². The molecule has 1 saturated heterocycles. The molecule has 0 unspecified atom stereocenters. The van der Waals surface area contributed by atoms with Gasteiger partial charge in [0.2, 0.25) is 5.95 Å². The van der Waals surface area contributed by atoms with Crippen LogP contribution >= 0.6 is 23.3 Å². The topological polar surface area (TPSA) is 105 Å². The smallest absolute Gasteiger partial charge is 0.227 e. The molecular weight excluding hydrogens is 480 g/mol. The molecule has 0 saturated carbocycles. The van der Waals surface area contributed by atoms with Crippen molar-refractivity contribution in [1.29, 1.82) is 5.26 Å². The predicted molar refractivity (Wildman–Crippen MR) is 138 cm³/mol. The van der Waals surface area contributed by atoms with Crippen LogP contribution in [0.4, 0.5) is 16.8 Å². The average molecular weight is 503 g/mol. The predicted octanol–water partition coefficient (Wildman–Crippen LogP) is 5.89. The van der Waals surface area contributed by atoms with Crippen molar-refractivity contribution in [2.45, 2.75) is 23.8 Å². The Labute approximate surface area is 211 Å². The van der Waals surface area contributed by atoms with E-state index in [4.69, 9.17) is 9.47 Å². The molecule has 5 rings (SSSR count). The van der Waals surface area contributed by atoms with Gasteiger partial charge in [0.1, 0.15) is 17.9 Å². The number of hydrogen-bond donors (Lipinski definition) is 2. The molecule has 1 aliphatic heterocycles. The molecule has 2 aromatic carbocycles. The third-order valence-corrected chi connectivity index (χ3v) is 6.93. The molecule has 3 heterocycles. The summed E-state index contributed by atoms with van der Waals surface area (Å²) in [6.45, 7) is 1.37. The van der Waals surface area contributed by atoms with E-state index < -0.39 is 0 Å². The Morgan fingerprint density at radius 3 is 2.69 bits per heavy atom. The summed E-state index contributed by atoms with van der Waals surface area (Å²) in [6.07, 6.45) is 5.20. The lowest BCUT2D eigenvalue weighted by molar-refractivity contribution is 0.0254. The van der Waals surface area contributed by atoms with Crippen LogP contribution in [0, 0.1) is 11.3 Å². The van der Waals surface area contributed by atoms with Crippen LogP contribution in [0.25, 0.3) is 11.3 Å². The fraction of sp³-hybridized carbons (Fsp3) is 0.200. The quantitative estimate of drug-likeness (QED) is 0.285. The maximum Gasteiger partial charge on any atom is 0.227 e.